The van der Waals surface area contributed by atoms with E-state index in [1.807, 2.05) is 69.3 Å². The summed E-state index contributed by atoms with van der Waals surface area (Å²) < 4.78 is 12.1. The van der Waals surface area contributed by atoms with Crippen LogP contribution in [0.2, 0.25) is 5.02 Å². The molecule has 1 aliphatic heterocycles. The zero-order valence-electron chi connectivity index (χ0n) is 39.9. The van der Waals surface area contributed by atoms with Crippen molar-refractivity contribution in [2.75, 3.05) is 31.6 Å². The molecule has 6 rings (SSSR count). The molecule has 2 fully saturated rings. The minimum absolute atomic E-state index is 0.0487. The van der Waals surface area contributed by atoms with Crippen molar-refractivity contribution in [1.29, 1.82) is 5.26 Å². The van der Waals surface area contributed by atoms with Crippen LogP contribution in [0.3, 0.4) is 0 Å². The van der Waals surface area contributed by atoms with Gasteiger partial charge >= 0.3 is 0 Å². The average Bonchev–Trinajstić information content (AvgIpc) is 3.70. The maximum atomic E-state index is 14.1. The standard InChI is InChI=1S/C53H66ClN7O6/c1-34(59-30-35-12-14-36(15-13-35)45-31-56-23-24-58-45)46-27-40(62)32-61(46)48(65)43(51(2,3)4)26-41(63)33-66-25-11-9-10-22-57-39-19-16-37(17-20-39)47(64)60-49-52(5,6)50(53(49,7)8)67-42-21-18-38(29-55)44(54)28-42/h12-21,23-24,28,31,40,43,46,49-50,57,59,62H,1,9-11,22,25-27,30,32-33H2,2-8H3,(H,60,64)/t40-,43-,46+,49?,50?/m1/s1. The number of Topliss-reactive ketones (excluding diaryl/α,β-unsaturated/α-hetero) is 1. The zero-order chi connectivity index (χ0) is 48.5. The van der Waals surface area contributed by atoms with Crippen molar-refractivity contribution in [2.45, 2.75) is 111 Å². The Balaban J connectivity index is 0.877. The molecule has 3 atom stereocenters. The number of nitriles is 1. The molecule has 1 saturated carbocycles. The highest BCUT2D eigenvalue weighted by Crippen LogP contribution is 2.55. The van der Waals surface area contributed by atoms with E-state index in [-0.39, 0.29) is 60.1 Å². The first-order valence-electron chi connectivity index (χ1n) is 23.2. The number of carbonyl (C=O) groups excluding carboxylic acids is 3. The maximum Gasteiger partial charge on any atom is 0.251 e. The first kappa shape index (κ1) is 50.6. The largest absolute Gasteiger partial charge is 0.489 e. The number of ether oxygens (including phenoxy) is 2. The Hall–Kier alpha value is -5.81. The molecule has 2 heterocycles. The number of aliphatic hydroxyl groups is 1. The van der Waals surface area contributed by atoms with Crippen LogP contribution in [0.4, 0.5) is 5.69 Å². The number of amides is 2. The van der Waals surface area contributed by atoms with Crippen molar-refractivity contribution in [2.24, 2.45) is 22.2 Å². The van der Waals surface area contributed by atoms with Crippen molar-refractivity contribution in [3.05, 3.63) is 119 Å². The molecule has 0 bridgehead atoms. The summed E-state index contributed by atoms with van der Waals surface area (Å²) in [5.41, 5.74) is 4.06. The van der Waals surface area contributed by atoms with E-state index in [1.165, 1.54) is 0 Å². The van der Waals surface area contributed by atoms with Crippen molar-refractivity contribution in [1.82, 2.24) is 25.5 Å². The average molecular weight is 933 g/mol. The van der Waals surface area contributed by atoms with Crippen molar-refractivity contribution in [3.8, 4) is 23.1 Å². The van der Waals surface area contributed by atoms with Crippen LogP contribution in [-0.4, -0.2) is 88.2 Å². The van der Waals surface area contributed by atoms with Gasteiger partial charge in [-0.05, 0) is 66.6 Å². The second kappa shape index (κ2) is 21.9. The van der Waals surface area contributed by atoms with Crippen LogP contribution in [0.5, 0.6) is 5.75 Å². The summed E-state index contributed by atoms with van der Waals surface area (Å²) in [6.07, 6.45) is 7.12. The number of rotatable bonds is 21. The van der Waals surface area contributed by atoms with Gasteiger partial charge < -0.3 is 35.4 Å². The highest BCUT2D eigenvalue weighted by atomic mass is 35.5. The number of unbranched alkanes of at least 4 members (excludes halogenated alkanes) is 2. The number of carbonyl (C=O) groups is 3. The second-order valence-corrected chi connectivity index (χ2v) is 20.5. The lowest BCUT2D eigenvalue weighted by Gasteiger charge is -2.63. The van der Waals surface area contributed by atoms with E-state index in [4.69, 9.17) is 21.1 Å². The van der Waals surface area contributed by atoms with Gasteiger partial charge in [0.05, 0.1) is 34.6 Å². The van der Waals surface area contributed by atoms with Gasteiger partial charge in [-0.15, -0.1) is 0 Å². The topological polar surface area (TPSA) is 179 Å². The molecular formula is C53H66ClN7O6. The smallest absolute Gasteiger partial charge is 0.251 e. The van der Waals surface area contributed by atoms with Crippen molar-refractivity contribution in [3.63, 3.8) is 0 Å². The first-order chi connectivity index (χ1) is 31.8. The first-order valence-corrected chi connectivity index (χ1v) is 23.5. The molecule has 2 amide bonds. The fraction of sp³-hybridized carbons (Fsp3) is 0.472. The monoisotopic (exact) mass is 931 g/mol. The summed E-state index contributed by atoms with van der Waals surface area (Å²) in [5.74, 6) is -0.457. The fourth-order valence-corrected chi connectivity index (χ4v) is 9.90. The third kappa shape index (κ3) is 12.6. The molecule has 67 heavy (non-hydrogen) atoms. The third-order valence-electron chi connectivity index (χ3n) is 13.2. The van der Waals surface area contributed by atoms with E-state index < -0.39 is 23.5 Å². The second-order valence-electron chi connectivity index (χ2n) is 20.1. The SMILES string of the molecule is C=C(NCc1ccc(-c2cnccn2)cc1)[C@@H]1C[C@@H](O)CN1C(=O)[C@@H](CC(=O)COCCCCCNc1ccc(C(=O)NC2C(C)(C)C(Oc3ccc(C#N)c(Cl)c3)C2(C)C)cc1)C(C)(C)C. The van der Waals surface area contributed by atoms with Crippen LogP contribution < -0.4 is 20.7 Å². The highest BCUT2D eigenvalue weighted by molar-refractivity contribution is 6.31. The Bertz CT molecular complexity index is 2380. The summed E-state index contributed by atoms with van der Waals surface area (Å²) in [7, 11) is 0. The minimum atomic E-state index is -0.688. The van der Waals surface area contributed by atoms with E-state index in [1.54, 1.807) is 41.7 Å². The third-order valence-corrected chi connectivity index (χ3v) is 13.5. The van der Waals surface area contributed by atoms with Crippen LogP contribution in [-0.2, 0) is 20.9 Å². The number of nitrogens with zero attached hydrogens (tertiary/aromatic N) is 4. The van der Waals surface area contributed by atoms with Gasteiger partial charge in [-0.25, -0.2) is 0 Å². The Morgan fingerprint density at radius 2 is 1.72 bits per heavy atom. The molecule has 14 heteroatoms. The molecule has 4 N–H and O–H groups in total. The summed E-state index contributed by atoms with van der Waals surface area (Å²) in [6.45, 7) is 20.2. The molecule has 356 valence electrons. The summed E-state index contributed by atoms with van der Waals surface area (Å²) in [6, 6.07) is 22.0. The molecule has 2 aliphatic rings. The lowest BCUT2D eigenvalue weighted by molar-refractivity contribution is -0.164. The molecule has 4 aromatic rings. The minimum Gasteiger partial charge on any atom is -0.489 e. The number of hydrogen-bond acceptors (Lipinski definition) is 11. The van der Waals surface area contributed by atoms with Gasteiger partial charge in [-0.2, -0.15) is 5.26 Å². The van der Waals surface area contributed by atoms with Gasteiger partial charge in [0, 0.05) is 103 Å². The van der Waals surface area contributed by atoms with E-state index >= 15 is 0 Å². The Kier molecular flexibility index (Phi) is 16.5. The Labute approximate surface area is 400 Å². The van der Waals surface area contributed by atoms with E-state index in [0.717, 1.165) is 48.3 Å². The van der Waals surface area contributed by atoms with Crippen LogP contribution in [0, 0.1) is 33.5 Å². The van der Waals surface area contributed by atoms with Crippen LogP contribution in [0.15, 0.2) is 97.6 Å². The molecule has 1 aliphatic carbocycles. The van der Waals surface area contributed by atoms with Gasteiger partial charge in [0.25, 0.3) is 5.91 Å². The lowest BCUT2D eigenvalue weighted by Crippen LogP contribution is -2.74. The Morgan fingerprint density at radius 1 is 1.00 bits per heavy atom. The van der Waals surface area contributed by atoms with Crippen molar-refractivity contribution >= 4 is 34.9 Å². The molecular weight excluding hydrogens is 866 g/mol. The number of hydrogen-bond donors (Lipinski definition) is 4. The Morgan fingerprint density at radius 3 is 2.36 bits per heavy atom. The van der Waals surface area contributed by atoms with Gasteiger partial charge in [-0.3, -0.25) is 24.4 Å². The van der Waals surface area contributed by atoms with E-state index in [2.05, 4.69) is 66.3 Å². The molecule has 0 unspecified atom stereocenters. The predicted molar refractivity (Wildman–Crippen MR) is 261 cm³/mol. The number of likely N-dealkylation sites (tertiary alicyclic amines) is 1. The molecule has 0 spiro atoms. The summed E-state index contributed by atoms with van der Waals surface area (Å²) >= 11 is 6.24. The molecule has 1 saturated heterocycles. The molecule has 13 nitrogen and oxygen atoms in total. The van der Waals surface area contributed by atoms with Crippen LogP contribution >= 0.6 is 11.6 Å². The number of aliphatic hydroxyl groups excluding tert-OH is 1. The van der Waals surface area contributed by atoms with Gasteiger partial charge in [0.15, 0.2) is 5.78 Å². The van der Waals surface area contributed by atoms with Gasteiger partial charge in [0.2, 0.25) is 5.91 Å². The summed E-state index contributed by atoms with van der Waals surface area (Å²) in [4.78, 5) is 50.9. The highest BCUT2D eigenvalue weighted by Gasteiger charge is 2.64. The number of halogens is 1. The van der Waals surface area contributed by atoms with E-state index in [9.17, 15) is 24.8 Å². The maximum absolute atomic E-state index is 14.1. The van der Waals surface area contributed by atoms with Crippen LogP contribution in [0.25, 0.3) is 11.3 Å². The van der Waals surface area contributed by atoms with Crippen molar-refractivity contribution < 1.29 is 29.0 Å². The molecule has 1 aromatic heterocycles. The number of anilines is 1. The lowest BCUT2D eigenvalue weighted by atomic mass is 9.49. The quantitative estimate of drug-likeness (QED) is 0.0587. The fourth-order valence-electron chi connectivity index (χ4n) is 9.69. The number of β-amino-alcohol motifs (C(OH)–C–C–N with tert-alkyl or cyclic N) is 1. The van der Waals surface area contributed by atoms with Gasteiger partial charge in [-0.1, -0.05) is 90.9 Å². The molecule has 3 aromatic carbocycles. The van der Waals surface area contributed by atoms with Crippen LogP contribution in [0.1, 0.15) is 102 Å². The number of aromatic nitrogens is 2. The zero-order valence-corrected chi connectivity index (χ0v) is 40.7. The number of benzene rings is 3. The normalized spacial score (nSPS) is 19.9. The number of nitrogens with one attached hydrogen (secondary N) is 3. The van der Waals surface area contributed by atoms with E-state index in [0.29, 0.717) is 47.2 Å². The summed E-state index contributed by atoms with van der Waals surface area (Å²) in [5, 5.41) is 30.3. The number of ketones is 1. The predicted octanol–water partition coefficient (Wildman–Crippen LogP) is 8.77. The molecule has 0 radical (unpaired) electrons. The van der Waals surface area contributed by atoms with Gasteiger partial charge in [0.1, 0.15) is 24.5 Å².